The Hall–Kier alpha value is -1.62. The Labute approximate surface area is 149 Å². The van der Waals surface area contributed by atoms with Gasteiger partial charge in [-0.15, -0.1) is 0 Å². The fourth-order valence-electron chi connectivity index (χ4n) is 2.85. The summed E-state index contributed by atoms with van der Waals surface area (Å²) in [5.74, 6) is 0.609. The summed E-state index contributed by atoms with van der Waals surface area (Å²) in [5.41, 5.74) is -1.14. The van der Waals surface area contributed by atoms with Gasteiger partial charge in [0.2, 0.25) is 10.0 Å². The number of nitrogens with one attached hydrogen (secondary N) is 2. The van der Waals surface area contributed by atoms with E-state index in [1.165, 1.54) is 34.7 Å². The van der Waals surface area contributed by atoms with Gasteiger partial charge in [-0.1, -0.05) is 11.9 Å². The van der Waals surface area contributed by atoms with Crippen LogP contribution in [0.15, 0.2) is 32.7 Å². The van der Waals surface area contributed by atoms with E-state index in [4.69, 9.17) is 0 Å². The first kappa shape index (κ1) is 18.2. The van der Waals surface area contributed by atoms with E-state index in [0.29, 0.717) is 17.8 Å². The molecule has 1 aliphatic heterocycles. The van der Waals surface area contributed by atoms with Crippen LogP contribution in [0.4, 0.5) is 0 Å². The van der Waals surface area contributed by atoms with Crippen molar-refractivity contribution in [1.82, 2.24) is 18.6 Å². The number of rotatable bonds is 5. The fraction of sp³-hybridized carbons (Fsp3) is 0.467. The molecule has 1 atom stereocenters. The van der Waals surface area contributed by atoms with E-state index in [9.17, 15) is 18.0 Å². The Balaban J connectivity index is 2.20. The first-order valence-corrected chi connectivity index (χ1v) is 10.4. The molecule has 2 aromatic rings. The molecule has 0 aliphatic carbocycles. The molecule has 136 valence electrons. The lowest BCUT2D eigenvalue weighted by atomic mass is 10.2. The highest BCUT2D eigenvalue weighted by molar-refractivity contribution is 7.99. The van der Waals surface area contributed by atoms with Gasteiger partial charge in [0.15, 0.2) is 0 Å². The van der Waals surface area contributed by atoms with Crippen molar-refractivity contribution in [2.45, 2.75) is 44.4 Å². The van der Waals surface area contributed by atoms with Crippen molar-refractivity contribution in [3.8, 4) is 0 Å². The third-order valence-electron chi connectivity index (χ3n) is 4.16. The normalized spacial score (nSPS) is 20.6. The number of hydrogen-bond acceptors (Lipinski definition) is 6. The number of aromatic nitrogens is 2. The number of nitrogens with zero attached hydrogens (tertiary/aromatic N) is 2. The Kier molecular flexibility index (Phi) is 4.56. The van der Waals surface area contributed by atoms with E-state index in [0.717, 1.165) is 4.57 Å². The van der Waals surface area contributed by atoms with Gasteiger partial charge in [0.1, 0.15) is 0 Å². The van der Waals surface area contributed by atoms with E-state index >= 15 is 0 Å². The molecule has 2 heterocycles. The van der Waals surface area contributed by atoms with E-state index in [2.05, 4.69) is 9.44 Å². The van der Waals surface area contributed by atoms with Gasteiger partial charge in [0, 0.05) is 18.8 Å². The maximum atomic E-state index is 12.6. The standard InChI is InChI=1S/C15H20N4O4S2/c1-4-18-12-7-6-10(25(22,23)17-15(3)9-24-16-15)8-11(12)13(20)19(5-2)14(18)21/h6-8,16-17H,4-5,9H2,1-3H3. The SMILES string of the molecule is CCn1c(=O)c2cc(S(=O)(=O)NC3(C)CSN3)ccc2n(CC)c1=O. The number of hydrogen-bond donors (Lipinski definition) is 2. The van der Waals surface area contributed by atoms with Gasteiger partial charge in [0.25, 0.3) is 5.56 Å². The second kappa shape index (κ2) is 6.27. The van der Waals surface area contributed by atoms with Gasteiger partial charge < -0.3 is 0 Å². The minimum absolute atomic E-state index is 0.000908. The van der Waals surface area contributed by atoms with Crippen LogP contribution in [0.5, 0.6) is 0 Å². The topological polar surface area (TPSA) is 102 Å². The quantitative estimate of drug-likeness (QED) is 0.726. The lowest BCUT2D eigenvalue weighted by Crippen LogP contribution is -2.62. The average Bonchev–Trinajstić information content (AvgIpc) is 2.53. The van der Waals surface area contributed by atoms with E-state index in [1.54, 1.807) is 20.8 Å². The molecule has 8 nitrogen and oxygen atoms in total. The van der Waals surface area contributed by atoms with Crippen molar-refractivity contribution in [2.24, 2.45) is 0 Å². The maximum absolute atomic E-state index is 12.6. The molecule has 3 rings (SSSR count). The minimum atomic E-state index is -3.80. The Bertz CT molecular complexity index is 1050. The third-order valence-corrected chi connectivity index (χ3v) is 7.07. The van der Waals surface area contributed by atoms with Gasteiger partial charge in [0.05, 0.1) is 21.5 Å². The first-order chi connectivity index (χ1) is 11.7. The highest BCUT2D eigenvalue weighted by atomic mass is 32.2. The average molecular weight is 384 g/mol. The fourth-order valence-corrected chi connectivity index (χ4v) is 5.06. The molecule has 0 bridgehead atoms. The second-order valence-corrected chi connectivity index (χ2v) is 8.55. The van der Waals surface area contributed by atoms with E-state index in [1.807, 2.05) is 0 Å². The van der Waals surface area contributed by atoms with Crippen molar-refractivity contribution >= 4 is 32.9 Å². The predicted molar refractivity (Wildman–Crippen MR) is 98.1 cm³/mol. The molecule has 0 spiro atoms. The molecular formula is C15H20N4O4S2. The lowest BCUT2D eigenvalue weighted by molar-refractivity contribution is 0.419. The summed E-state index contributed by atoms with van der Waals surface area (Å²) in [5, 5.41) is 0.215. The number of benzene rings is 1. The summed E-state index contributed by atoms with van der Waals surface area (Å²) in [4.78, 5) is 25.0. The zero-order chi connectivity index (χ0) is 18.4. The molecular weight excluding hydrogens is 364 g/mol. The molecule has 0 saturated carbocycles. The Morgan fingerprint density at radius 1 is 1.24 bits per heavy atom. The molecule has 0 radical (unpaired) electrons. The van der Waals surface area contributed by atoms with Crippen LogP contribution in [0.2, 0.25) is 0 Å². The van der Waals surface area contributed by atoms with Crippen molar-refractivity contribution in [3.05, 3.63) is 39.0 Å². The lowest BCUT2D eigenvalue weighted by Gasteiger charge is -2.38. The molecule has 2 N–H and O–H groups in total. The van der Waals surface area contributed by atoms with Gasteiger partial charge in [-0.05, 0) is 39.0 Å². The highest BCUT2D eigenvalue weighted by Gasteiger charge is 2.37. The number of aryl methyl sites for hydroxylation is 1. The Morgan fingerprint density at radius 3 is 2.40 bits per heavy atom. The summed E-state index contributed by atoms with van der Waals surface area (Å²) in [6.45, 7) is 5.87. The molecule has 10 heteroatoms. The summed E-state index contributed by atoms with van der Waals surface area (Å²) in [6.07, 6.45) is 0. The van der Waals surface area contributed by atoms with Crippen LogP contribution >= 0.6 is 11.9 Å². The molecule has 1 aliphatic rings. The molecule has 1 aromatic heterocycles. The molecule has 1 saturated heterocycles. The minimum Gasteiger partial charge on any atom is -0.293 e. The predicted octanol–water partition coefficient (Wildman–Crippen LogP) is 0.449. The summed E-state index contributed by atoms with van der Waals surface area (Å²) in [6, 6.07) is 4.27. The smallest absolute Gasteiger partial charge is 0.293 e. The van der Waals surface area contributed by atoms with Crippen LogP contribution in [-0.2, 0) is 23.1 Å². The monoisotopic (exact) mass is 384 g/mol. The second-order valence-electron chi connectivity index (χ2n) is 6.08. The van der Waals surface area contributed by atoms with Crippen LogP contribution < -0.4 is 20.7 Å². The van der Waals surface area contributed by atoms with Crippen molar-refractivity contribution < 1.29 is 8.42 Å². The van der Waals surface area contributed by atoms with E-state index < -0.39 is 21.2 Å². The number of fused-ring (bicyclic) bond motifs is 1. The van der Waals surface area contributed by atoms with Crippen molar-refractivity contribution in [3.63, 3.8) is 0 Å². The van der Waals surface area contributed by atoms with Gasteiger partial charge in [-0.2, -0.15) is 4.72 Å². The van der Waals surface area contributed by atoms with Gasteiger partial charge in [-0.3, -0.25) is 13.9 Å². The number of sulfonamides is 1. The Morgan fingerprint density at radius 2 is 1.88 bits per heavy atom. The molecule has 1 unspecified atom stereocenters. The largest absolute Gasteiger partial charge is 0.331 e. The third kappa shape index (κ3) is 3.03. The summed E-state index contributed by atoms with van der Waals surface area (Å²) < 4.78 is 33.4. The van der Waals surface area contributed by atoms with Gasteiger partial charge >= 0.3 is 5.69 Å². The molecule has 25 heavy (non-hydrogen) atoms. The molecule has 0 amide bonds. The zero-order valence-electron chi connectivity index (χ0n) is 14.2. The summed E-state index contributed by atoms with van der Waals surface area (Å²) >= 11 is 1.43. The van der Waals surface area contributed by atoms with Crippen LogP contribution in [0.3, 0.4) is 0 Å². The van der Waals surface area contributed by atoms with Crippen LogP contribution in [-0.4, -0.2) is 29.0 Å². The zero-order valence-corrected chi connectivity index (χ0v) is 15.8. The van der Waals surface area contributed by atoms with Crippen LogP contribution in [0, 0.1) is 0 Å². The van der Waals surface area contributed by atoms with Crippen LogP contribution in [0.25, 0.3) is 10.9 Å². The molecule has 1 aromatic carbocycles. The first-order valence-electron chi connectivity index (χ1n) is 7.93. The summed E-state index contributed by atoms with van der Waals surface area (Å²) in [7, 11) is -3.80. The van der Waals surface area contributed by atoms with Crippen molar-refractivity contribution in [1.29, 1.82) is 0 Å². The highest BCUT2D eigenvalue weighted by Crippen LogP contribution is 2.24. The van der Waals surface area contributed by atoms with Crippen molar-refractivity contribution in [2.75, 3.05) is 5.75 Å². The maximum Gasteiger partial charge on any atom is 0.331 e. The van der Waals surface area contributed by atoms with Gasteiger partial charge in [-0.25, -0.2) is 17.9 Å². The molecule has 1 fully saturated rings. The van der Waals surface area contributed by atoms with Crippen LogP contribution in [0.1, 0.15) is 20.8 Å². The van der Waals surface area contributed by atoms with E-state index in [-0.39, 0.29) is 22.5 Å².